The molecule has 3 aliphatic rings. The first-order chi connectivity index (χ1) is 11.4. The summed E-state index contributed by atoms with van der Waals surface area (Å²) >= 11 is 0. The van der Waals surface area contributed by atoms with E-state index in [1.54, 1.807) is 5.57 Å². The van der Waals surface area contributed by atoms with Crippen molar-refractivity contribution in [1.82, 2.24) is 15.1 Å². The van der Waals surface area contributed by atoms with E-state index < -0.39 is 0 Å². The fraction of sp³-hybridized carbons (Fsp3) is 0.842. The minimum atomic E-state index is 0. The average Bonchev–Trinajstić information content (AvgIpc) is 3.10. The summed E-state index contributed by atoms with van der Waals surface area (Å²) in [6.45, 7) is 5.95. The van der Waals surface area contributed by atoms with E-state index in [-0.39, 0.29) is 24.0 Å². The number of likely N-dealkylation sites (tertiary alicyclic amines) is 2. The van der Waals surface area contributed by atoms with Gasteiger partial charge >= 0.3 is 0 Å². The minimum absolute atomic E-state index is 0. The molecule has 0 bridgehead atoms. The predicted octanol–water partition coefficient (Wildman–Crippen LogP) is 3.63. The number of nitrogens with zero attached hydrogens (tertiary/aromatic N) is 3. The highest BCUT2D eigenvalue weighted by Crippen LogP contribution is 2.21. The van der Waals surface area contributed by atoms with Crippen molar-refractivity contribution < 1.29 is 0 Å². The third-order valence-electron chi connectivity index (χ3n) is 5.70. The second-order valence-electron chi connectivity index (χ2n) is 7.32. The summed E-state index contributed by atoms with van der Waals surface area (Å²) in [5, 5.41) is 3.60. The Bertz CT molecular complexity index is 429. The molecule has 0 aromatic carbocycles. The zero-order valence-corrected chi connectivity index (χ0v) is 17.6. The molecule has 3 rings (SSSR count). The lowest BCUT2D eigenvalue weighted by atomic mass is 9.97. The number of hydrogen-bond acceptors (Lipinski definition) is 2. The number of hydrogen-bond donors (Lipinski definition) is 1. The molecule has 0 radical (unpaired) electrons. The van der Waals surface area contributed by atoms with Gasteiger partial charge in [0, 0.05) is 32.7 Å². The molecule has 5 heteroatoms. The van der Waals surface area contributed by atoms with Gasteiger partial charge in [0.1, 0.15) is 0 Å². The van der Waals surface area contributed by atoms with Crippen LogP contribution in [-0.4, -0.2) is 61.6 Å². The van der Waals surface area contributed by atoms with Crippen molar-refractivity contribution in [3.8, 4) is 0 Å². The number of nitrogens with one attached hydrogen (secondary N) is 1. The van der Waals surface area contributed by atoms with Crippen LogP contribution < -0.4 is 5.32 Å². The molecule has 2 aliphatic heterocycles. The molecule has 0 spiro atoms. The SMILES string of the molecule is CN=C(NCCC1=CCCCC1)N1CCC(N2CCCCC2)C1.I. The van der Waals surface area contributed by atoms with E-state index >= 15 is 0 Å². The van der Waals surface area contributed by atoms with E-state index in [0.717, 1.165) is 31.6 Å². The van der Waals surface area contributed by atoms with Gasteiger partial charge in [-0.1, -0.05) is 18.1 Å². The van der Waals surface area contributed by atoms with E-state index in [1.807, 2.05) is 7.05 Å². The first-order valence-corrected chi connectivity index (χ1v) is 9.74. The molecule has 0 saturated carbocycles. The van der Waals surface area contributed by atoms with E-state index in [9.17, 15) is 0 Å². The summed E-state index contributed by atoms with van der Waals surface area (Å²) < 4.78 is 0. The predicted molar refractivity (Wildman–Crippen MR) is 113 cm³/mol. The molecule has 24 heavy (non-hydrogen) atoms. The maximum Gasteiger partial charge on any atom is 0.193 e. The van der Waals surface area contributed by atoms with Gasteiger partial charge < -0.3 is 10.2 Å². The summed E-state index contributed by atoms with van der Waals surface area (Å²) in [6, 6.07) is 0.745. The molecule has 1 unspecified atom stereocenters. The Kier molecular flexibility index (Phi) is 8.87. The third-order valence-corrected chi connectivity index (χ3v) is 5.70. The Morgan fingerprint density at radius 2 is 2.00 bits per heavy atom. The van der Waals surface area contributed by atoms with Crippen molar-refractivity contribution in [2.45, 2.75) is 63.8 Å². The highest BCUT2D eigenvalue weighted by atomic mass is 127. The Morgan fingerprint density at radius 3 is 2.71 bits per heavy atom. The molecule has 1 aliphatic carbocycles. The van der Waals surface area contributed by atoms with Crippen molar-refractivity contribution in [3.05, 3.63) is 11.6 Å². The summed E-state index contributed by atoms with van der Waals surface area (Å²) in [6.07, 6.45) is 14.5. The molecule has 1 atom stereocenters. The largest absolute Gasteiger partial charge is 0.356 e. The second kappa shape index (κ2) is 10.6. The highest BCUT2D eigenvalue weighted by Gasteiger charge is 2.29. The smallest absolute Gasteiger partial charge is 0.193 e. The van der Waals surface area contributed by atoms with Gasteiger partial charge in [-0.3, -0.25) is 9.89 Å². The van der Waals surface area contributed by atoms with Crippen molar-refractivity contribution in [2.24, 2.45) is 4.99 Å². The molecule has 138 valence electrons. The molecule has 0 aromatic rings. The Labute approximate surface area is 165 Å². The van der Waals surface area contributed by atoms with E-state index in [2.05, 4.69) is 26.2 Å². The number of rotatable bonds is 4. The van der Waals surface area contributed by atoms with E-state index in [0.29, 0.717) is 0 Å². The van der Waals surface area contributed by atoms with Gasteiger partial charge in [-0.05, 0) is 64.5 Å². The van der Waals surface area contributed by atoms with Gasteiger partial charge in [-0.2, -0.15) is 0 Å². The van der Waals surface area contributed by atoms with Gasteiger partial charge in [0.05, 0.1) is 0 Å². The number of piperidine rings is 1. The van der Waals surface area contributed by atoms with Crippen LogP contribution in [0.3, 0.4) is 0 Å². The molecule has 2 heterocycles. The summed E-state index contributed by atoms with van der Waals surface area (Å²) in [5.41, 5.74) is 1.65. The fourth-order valence-electron chi connectivity index (χ4n) is 4.31. The van der Waals surface area contributed by atoms with Gasteiger partial charge in [0.15, 0.2) is 5.96 Å². The molecule has 0 aromatic heterocycles. The van der Waals surface area contributed by atoms with Crippen LogP contribution in [-0.2, 0) is 0 Å². The normalized spacial score (nSPS) is 26.0. The summed E-state index contributed by atoms with van der Waals surface area (Å²) in [7, 11) is 1.93. The zero-order chi connectivity index (χ0) is 15.9. The summed E-state index contributed by atoms with van der Waals surface area (Å²) in [5.74, 6) is 1.11. The molecule has 4 nitrogen and oxygen atoms in total. The minimum Gasteiger partial charge on any atom is -0.356 e. The number of guanidine groups is 1. The van der Waals surface area contributed by atoms with Crippen LogP contribution >= 0.6 is 24.0 Å². The summed E-state index contributed by atoms with van der Waals surface area (Å²) in [4.78, 5) is 9.70. The maximum absolute atomic E-state index is 4.53. The third kappa shape index (κ3) is 5.61. The van der Waals surface area contributed by atoms with Crippen LogP contribution in [0.25, 0.3) is 0 Å². The van der Waals surface area contributed by atoms with Crippen molar-refractivity contribution in [3.63, 3.8) is 0 Å². The molecule has 2 fully saturated rings. The van der Waals surface area contributed by atoms with Crippen LogP contribution in [0.4, 0.5) is 0 Å². The number of aliphatic imine (C=N–C) groups is 1. The number of halogens is 1. The van der Waals surface area contributed by atoms with Crippen molar-refractivity contribution >= 4 is 29.9 Å². The lowest BCUT2D eigenvalue weighted by Crippen LogP contribution is -2.44. The molecule has 2 saturated heterocycles. The maximum atomic E-state index is 4.53. The Balaban J connectivity index is 0.00000208. The van der Waals surface area contributed by atoms with Gasteiger partial charge in [0.25, 0.3) is 0 Å². The molecule has 1 N–H and O–H groups in total. The Hall–Kier alpha value is -0.300. The van der Waals surface area contributed by atoms with Crippen LogP contribution in [0.2, 0.25) is 0 Å². The standard InChI is InChI=1S/C19H34N4.HI/c1-20-19(21-12-10-17-8-4-2-5-9-17)23-15-11-18(16-23)22-13-6-3-7-14-22;/h8,18H,2-7,9-16H2,1H3,(H,20,21);1H. The highest BCUT2D eigenvalue weighted by molar-refractivity contribution is 14.0. The first-order valence-electron chi connectivity index (χ1n) is 9.74. The topological polar surface area (TPSA) is 30.9 Å². The van der Waals surface area contributed by atoms with Crippen molar-refractivity contribution in [2.75, 3.05) is 39.8 Å². The van der Waals surface area contributed by atoms with Crippen LogP contribution in [0, 0.1) is 0 Å². The monoisotopic (exact) mass is 446 g/mol. The van der Waals surface area contributed by atoms with E-state index in [1.165, 1.54) is 70.9 Å². The first kappa shape index (κ1) is 20.0. The average molecular weight is 446 g/mol. The van der Waals surface area contributed by atoms with E-state index in [4.69, 9.17) is 0 Å². The number of allylic oxidation sites excluding steroid dienone is 1. The fourth-order valence-corrected chi connectivity index (χ4v) is 4.31. The lowest BCUT2D eigenvalue weighted by Gasteiger charge is -2.32. The molecule has 0 amide bonds. The van der Waals surface area contributed by atoms with Crippen LogP contribution in [0.1, 0.15) is 57.8 Å². The van der Waals surface area contributed by atoms with Crippen LogP contribution in [0.15, 0.2) is 16.6 Å². The van der Waals surface area contributed by atoms with Crippen LogP contribution in [0.5, 0.6) is 0 Å². The van der Waals surface area contributed by atoms with Gasteiger partial charge in [-0.25, -0.2) is 0 Å². The molecular formula is C19H35IN4. The quantitative estimate of drug-likeness (QED) is 0.310. The van der Waals surface area contributed by atoms with Gasteiger partial charge in [-0.15, -0.1) is 24.0 Å². The second-order valence-corrected chi connectivity index (χ2v) is 7.32. The Morgan fingerprint density at radius 1 is 1.17 bits per heavy atom. The lowest BCUT2D eigenvalue weighted by molar-refractivity contribution is 0.168. The van der Waals surface area contributed by atoms with Crippen molar-refractivity contribution in [1.29, 1.82) is 0 Å². The molecular weight excluding hydrogens is 411 g/mol. The van der Waals surface area contributed by atoms with Gasteiger partial charge in [0.2, 0.25) is 0 Å². The zero-order valence-electron chi connectivity index (χ0n) is 15.3.